The topological polar surface area (TPSA) is 70.0 Å². The van der Waals surface area contributed by atoms with E-state index in [1.807, 2.05) is 4.90 Å². The molecule has 1 saturated heterocycles. The lowest BCUT2D eigenvalue weighted by atomic mass is 9.85. The van der Waals surface area contributed by atoms with E-state index in [2.05, 4.69) is 0 Å². The van der Waals surface area contributed by atoms with Crippen LogP contribution in [-0.4, -0.2) is 59.5 Å². The van der Waals surface area contributed by atoms with E-state index in [9.17, 15) is 15.0 Å². The van der Waals surface area contributed by atoms with Crippen LogP contribution < -0.4 is 0 Å². The molecule has 2 fully saturated rings. The highest BCUT2D eigenvalue weighted by Gasteiger charge is 2.45. The van der Waals surface area contributed by atoms with Gasteiger partial charge in [0.25, 0.3) is 0 Å². The molecule has 1 saturated carbocycles. The minimum atomic E-state index is -0.756. The van der Waals surface area contributed by atoms with Crippen LogP contribution >= 0.6 is 0 Å². The lowest BCUT2D eigenvalue weighted by molar-refractivity contribution is -0.143. The van der Waals surface area contributed by atoms with Gasteiger partial charge in [-0.15, -0.1) is 0 Å². The summed E-state index contributed by atoms with van der Waals surface area (Å²) in [6.07, 6.45) is 4.71. The number of ether oxygens (including phenoxy) is 1. The monoisotopic (exact) mass is 257 g/mol. The van der Waals surface area contributed by atoms with Crippen LogP contribution in [0.3, 0.4) is 0 Å². The smallest absolute Gasteiger partial charge is 0.320 e. The summed E-state index contributed by atoms with van der Waals surface area (Å²) in [5.74, 6) is -0.261. The zero-order valence-electron chi connectivity index (χ0n) is 10.9. The number of aliphatic carboxylic acids is 1. The third-order valence-electron chi connectivity index (χ3n) is 4.29. The van der Waals surface area contributed by atoms with Gasteiger partial charge in [-0.3, -0.25) is 9.69 Å². The van der Waals surface area contributed by atoms with Gasteiger partial charge in [0.05, 0.1) is 12.7 Å². The second-order valence-corrected chi connectivity index (χ2v) is 5.51. The molecule has 0 aromatic carbocycles. The highest BCUT2D eigenvalue weighted by molar-refractivity contribution is 5.74. The minimum absolute atomic E-state index is 0.264. The average Bonchev–Trinajstić information content (AvgIpc) is 2.69. The van der Waals surface area contributed by atoms with Crippen LogP contribution in [0.2, 0.25) is 0 Å². The Morgan fingerprint density at radius 1 is 1.44 bits per heavy atom. The number of hydrogen-bond donors (Lipinski definition) is 2. The van der Waals surface area contributed by atoms with Crippen molar-refractivity contribution in [2.24, 2.45) is 5.92 Å². The highest BCUT2D eigenvalue weighted by Crippen LogP contribution is 2.39. The van der Waals surface area contributed by atoms with Gasteiger partial charge in [-0.05, 0) is 25.2 Å². The van der Waals surface area contributed by atoms with E-state index >= 15 is 0 Å². The Morgan fingerprint density at radius 3 is 2.83 bits per heavy atom. The van der Waals surface area contributed by atoms with Crippen LogP contribution in [0.25, 0.3) is 0 Å². The molecule has 18 heavy (non-hydrogen) atoms. The maximum Gasteiger partial charge on any atom is 0.320 e. The Morgan fingerprint density at radius 2 is 2.17 bits per heavy atom. The Labute approximate surface area is 108 Å². The standard InChI is InChI=1S/C13H23NO4/c1-18-8-10(15)7-14-11-5-3-2-4-9(11)6-12(14)13(16)17/h9-12,15H,2-8H2,1H3,(H,16,17). The van der Waals surface area contributed by atoms with E-state index in [0.717, 1.165) is 19.3 Å². The van der Waals surface area contributed by atoms with E-state index in [1.165, 1.54) is 12.8 Å². The third kappa shape index (κ3) is 2.84. The third-order valence-corrected chi connectivity index (χ3v) is 4.29. The molecule has 0 radical (unpaired) electrons. The summed E-state index contributed by atoms with van der Waals surface area (Å²) in [7, 11) is 1.55. The fourth-order valence-corrected chi connectivity index (χ4v) is 3.55. The van der Waals surface area contributed by atoms with Crippen molar-refractivity contribution >= 4 is 5.97 Å². The average molecular weight is 257 g/mol. The quantitative estimate of drug-likeness (QED) is 0.759. The van der Waals surface area contributed by atoms with E-state index in [4.69, 9.17) is 4.74 Å². The maximum atomic E-state index is 11.3. The fraction of sp³-hybridized carbons (Fsp3) is 0.923. The fourth-order valence-electron chi connectivity index (χ4n) is 3.55. The molecule has 2 N–H and O–H groups in total. The van der Waals surface area contributed by atoms with Gasteiger partial charge < -0.3 is 14.9 Å². The molecule has 4 atom stereocenters. The first-order chi connectivity index (χ1) is 8.63. The Hall–Kier alpha value is -0.650. The van der Waals surface area contributed by atoms with E-state index < -0.39 is 18.1 Å². The van der Waals surface area contributed by atoms with Crippen LogP contribution in [0.5, 0.6) is 0 Å². The number of carboxylic acid groups (broad SMARTS) is 1. The van der Waals surface area contributed by atoms with Gasteiger partial charge in [0.1, 0.15) is 6.04 Å². The number of nitrogens with zero attached hydrogens (tertiary/aromatic N) is 1. The molecule has 0 bridgehead atoms. The molecule has 0 aromatic heterocycles. The molecule has 5 nitrogen and oxygen atoms in total. The van der Waals surface area contributed by atoms with Crippen molar-refractivity contribution in [3.63, 3.8) is 0 Å². The van der Waals surface area contributed by atoms with Crippen molar-refractivity contribution in [1.29, 1.82) is 0 Å². The number of fused-ring (bicyclic) bond motifs is 1. The largest absolute Gasteiger partial charge is 0.480 e. The number of likely N-dealkylation sites (tertiary alicyclic amines) is 1. The van der Waals surface area contributed by atoms with Crippen molar-refractivity contribution in [1.82, 2.24) is 4.90 Å². The van der Waals surface area contributed by atoms with Crippen molar-refractivity contribution in [3.05, 3.63) is 0 Å². The van der Waals surface area contributed by atoms with Gasteiger partial charge in [0, 0.05) is 19.7 Å². The van der Waals surface area contributed by atoms with Crippen LogP contribution in [0, 0.1) is 5.92 Å². The van der Waals surface area contributed by atoms with Crippen molar-refractivity contribution in [3.8, 4) is 0 Å². The molecular weight excluding hydrogens is 234 g/mol. The molecule has 1 aliphatic heterocycles. The van der Waals surface area contributed by atoms with Gasteiger partial charge in [-0.2, -0.15) is 0 Å². The summed E-state index contributed by atoms with van der Waals surface area (Å²) in [5.41, 5.74) is 0. The Bertz CT molecular complexity index is 297. The highest BCUT2D eigenvalue weighted by atomic mass is 16.5. The van der Waals surface area contributed by atoms with Gasteiger partial charge in [0.15, 0.2) is 0 Å². The molecule has 0 amide bonds. The molecule has 0 spiro atoms. The number of aliphatic hydroxyl groups excluding tert-OH is 1. The number of aliphatic hydroxyl groups is 1. The molecule has 4 unspecified atom stereocenters. The number of hydrogen-bond acceptors (Lipinski definition) is 4. The number of methoxy groups -OCH3 is 1. The molecule has 2 aliphatic rings. The molecular formula is C13H23NO4. The summed E-state index contributed by atoms with van der Waals surface area (Å²) in [6.45, 7) is 0.673. The van der Waals surface area contributed by atoms with Crippen molar-refractivity contribution in [2.75, 3.05) is 20.3 Å². The van der Waals surface area contributed by atoms with Crippen molar-refractivity contribution in [2.45, 2.75) is 50.3 Å². The first kappa shape index (κ1) is 13.8. The van der Waals surface area contributed by atoms with Crippen LogP contribution in [0.1, 0.15) is 32.1 Å². The predicted molar refractivity (Wildman–Crippen MR) is 66.4 cm³/mol. The summed E-state index contributed by atoms with van der Waals surface area (Å²) in [6, 6.07) is -0.0871. The zero-order valence-corrected chi connectivity index (χ0v) is 10.9. The second kappa shape index (κ2) is 5.99. The van der Waals surface area contributed by atoms with E-state index in [0.29, 0.717) is 18.5 Å². The first-order valence-corrected chi connectivity index (χ1v) is 6.79. The van der Waals surface area contributed by atoms with Gasteiger partial charge in [-0.25, -0.2) is 0 Å². The minimum Gasteiger partial charge on any atom is -0.480 e. The first-order valence-electron chi connectivity index (χ1n) is 6.79. The zero-order chi connectivity index (χ0) is 13.1. The van der Waals surface area contributed by atoms with Gasteiger partial charge >= 0.3 is 5.97 Å². The summed E-state index contributed by atoms with van der Waals surface area (Å²) in [4.78, 5) is 13.3. The number of β-amino-alcohol motifs (C(OH)–C–C–N with tert-alkyl or cyclic N) is 1. The molecule has 5 heteroatoms. The number of carboxylic acids is 1. The SMILES string of the molecule is COCC(O)CN1C(C(=O)O)CC2CCCCC21. The Kier molecular flexibility index (Phi) is 4.59. The van der Waals surface area contributed by atoms with Crippen LogP contribution in [0.15, 0.2) is 0 Å². The van der Waals surface area contributed by atoms with E-state index in [-0.39, 0.29) is 6.61 Å². The maximum absolute atomic E-state index is 11.3. The van der Waals surface area contributed by atoms with Crippen LogP contribution in [-0.2, 0) is 9.53 Å². The summed E-state index contributed by atoms with van der Waals surface area (Å²) >= 11 is 0. The van der Waals surface area contributed by atoms with E-state index in [1.54, 1.807) is 7.11 Å². The second-order valence-electron chi connectivity index (χ2n) is 5.51. The molecule has 2 rings (SSSR count). The lowest BCUT2D eigenvalue weighted by Crippen LogP contribution is -2.46. The predicted octanol–water partition coefficient (Wildman–Crippen LogP) is 0.711. The molecule has 1 aliphatic carbocycles. The molecule has 104 valence electrons. The van der Waals surface area contributed by atoms with Gasteiger partial charge in [0.2, 0.25) is 0 Å². The number of rotatable bonds is 5. The summed E-state index contributed by atoms with van der Waals surface area (Å²) < 4.78 is 4.92. The normalized spacial score (nSPS) is 34.2. The summed E-state index contributed by atoms with van der Waals surface area (Å²) in [5, 5.41) is 19.2. The Balaban J connectivity index is 2.04. The van der Waals surface area contributed by atoms with Crippen molar-refractivity contribution < 1.29 is 19.7 Å². The van der Waals surface area contributed by atoms with Gasteiger partial charge in [-0.1, -0.05) is 12.8 Å². The lowest BCUT2D eigenvalue weighted by Gasteiger charge is -2.34. The molecule has 0 aromatic rings. The number of carbonyl (C=O) groups is 1. The molecule has 1 heterocycles. The van der Waals surface area contributed by atoms with Crippen LogP contribution in [0.4, 0.5) is 0 Å².